The maximum Gasteiger partial charge on any atom is 0.190 e. The molecule has 4 nitrogen and oxygen atoms in total. The number of fused-ring (bicyclic) bond motifs is 1. The van der Waals surface area contributed by atoms with Crippen LogP contribution in [0.15, 0.2) is 53.7 Å². The molecule has 3 N–H and O–H groups in total. The third-order valence-electron chi connectivity index (χ3n) is 4.28. The summed E-state index contributed by atoms with van der Waals surface area (Å²) in [5, 5.41) is 7.59. The quantitative estimate of drug-likeness (QED) is 0.468. The summed E-state index contributed by atoms with van der Waals surface area (Å²) < 4.78 is 26.8. The lowest BCUT2D eigenvalue weighted by Gasteiger charge is -2.12. The highest BCUT2D eigenvalue weighted by molar-refractivity contribution is 5.83. The first-order valence-electron chi connectivity index (χ1n) is 8.61. The normalized spacial score (nSPS) is 11.7. The molecule has 0 aliphatic carbocycles. The number of rotatable bonds is 6. The summed E-state index contributed by atoms with van der Waals surface area (Å²) in [6.07, 6.45) is 3.26. The van der Waals surface area contributed by atoms with Gasteiger partial charge in [0, 0.05) is 37.2 Å². The summed E-state index contributed by atoms with van der Waals surface area (Å²) in [6.45, 7) is 1.18. The SMILES string of the molecule is CN=C(NCCc1cc(F)ccc1F)NCCc1c[nH]c2ccccc12. The number of halogens is 2. The Kier molecular flexibility index (Phi) is 5.84. The van der Waals surface area contributed by atoms with Crippen LogP contribution in [0.4, 0.5) is 8.78 Å². The second-order valence-corrected chi connectivity index (χ2v) is 6.02. The fourth-order valence-corrected chi connectivity index (χ4v) is 2.93. The lowest BCUT2D eigenvalue weighted by molar-refractivity contribution is 0.583. The lowest BCUT2D eigenvalue weighted by Crippen LogP contribution is -2.39. The zero-order chi connectivity index (χ0) is 18.4. The van der Waals surface area contributed by atoms with Crippen LogP contribution in [0.3, 0.4) is 0 Å². The molecule has 1 heterocycles. The van der Waals surface area contributed by atoms with Crippen LogP contribution in [-0.4, -0.2) is 31.1 Å². The Hall–Kier alpha value is -2.89. The molecule has 0 radical (unpaired) electrons. The molecule has 0 amide bonds. The van der Waals surface area contributed by atoms with E-state index in [1.165, 1.54) is 17.0 Å². The Balaban J connectivity index is 1.47. The molecule has 0 spiro atoms. The van der Waals surface area contributed by atoms with Gasteiger partial charge in [-0.2, -0.15) is 0 Å². The van der Waals surface area contributed by atoms with E-state index in [0.29, 0.717) is 24.5 Å². The average molecular weight is 356 g/mol. The van der Waals surface area contributed by atoms with Gasteiger partial charge in [-0.1, -0.05) is 18.2 Å². The van der Waals surface area contributed by atoms with Crippen LogP contribution in [-0.2, 0) is 12.8 Å². The summed E-state index contributed by atoms with van der Waals surface area (Å²) in [6, 6.07) is 11.7. The molecule has 0 fully saturated rings. The van der Waals surface area contributed by atoms with Gasteiger partial charge in [0.25, 0.3) is 0 Å². The van der Waals surface area contributed by atoms with Crippen LogP contribution in [0.1, 0.15) is 11.1 Å². The summed E-state index contributed by atoms with van der Waals surface area (Å²) >= 11 is 0. The molecular weight excluding hydrogens is 334 g/mol. The minimum absolute atomic E-state index is 0.353. The molecule has 136 valence electrons. The third-order valence-corrected chi connectivity index (χ3v) is 4.28. The number of H-pyrrole nitrogens is 1. The van der Waals surface area contributed by atoms with E-state index in [1.54, 1.807) is 7.05 Å². The molecule has 0 saturated heterocycles. The first-order chi connectivity index (χ1) is 12.7. The number of para-hydroxylation sites is 1. The van der Waals surface area contributed by atoms with Gasteiger partial charge < -0.3 is 15.6 Å². The molecular formula is C20H22F2N4. The van der Waals surface area contributed by atoms with Crippen LogP contribution in [0.2, 0.25) is 0 Å². The molecule has 3 aromatic rings. The molecule has 0 unspecified atom stereocenters. The molecule has 6 heteroatoms. The predicted octanol–water partition coefficient (Wildman–Crippen LogP) is 3.40. The number of aliphatic imine (C=N–C) groups is 1. The van der Waals surface area contributed by atoms with Gasteiger partial charge in [-0.15, -0.1) is 0 Å². The summed E-state index contributed by atoms with van der Waals surface area (Å²) in [5.74, 6) is -0.181. The Bertz CT molecular complexity index is 902. The van der Waals surface area contributed by atoms with Gasteiger partial charge in [-0.25, -0.2) is 8.78 Å². The van der Waals surface area contributed by atoms with Crippen molar-refractivity contribution in [2.45, 2.75) is 12.8 Å². The minimum Gasteiger partial charge on any atom is -0.361 e. The zero-order valence-electron chi connectivity index (χ0n) is 14.7. The van der Waals surface area contributed by atoms with Crippen molar-refractivity contribution in [2.24, 2.45) is 4.99 Å². The first kappa shape index (κ1) is 17.9. The number of aromatic amines is 1. The third kappa shape index (κ3) is 4.39. The van der Waals surface area contributed by atoms with E-state index >= 15 is 0 Å². The Labute approximate surface area is 151 Å². The zero-order valence-corrected chi connectivity index (χ0v) is 14.7. The van der Waals surface area contributed by atoms with E-state index in [0.717, 1.165) is 30.6 Å². The van der Waals surface area contributed by atoms with E-state index in [4.69, 9.17) is 0 Å². The topological polar surface area (TPSA) is 52.2 Å². The highest BCUT2D eigenvalue weighted by atomic mass is 19.1. The van der Waals surface area contributed by atoms with Crippen molar-refractivity contribution >= 4 is 16.9 Å². The van der Waals surface area contributed by atoms with Gasteiger partial charge in [0.05, 0.1) is 0 Å². The van der Waals surface area contributed by atoms with E-state index in [2.05, 4.69) is 32.7 Å². The van der Waals surface area contributed by atoms with Crippen LogP contribution in [0.5, 0.6) is 0 Å². The van der Waals surface area contributed by atoms with Crippen LogP contribution in [0.25, 0.3) is 10.9 Å². The van der Waals surface area contributed by atoms with Crippen molar-refractivity contribution < 1.29 is 8.78 Å². The average Bonchev–Trinajstić information content (AvgIpc) is 3.06. The van der Waals surface area contributed by atoms with Gasteiger partial charge in [0.15, 0.2) is 5.96 Å². The Morgan fingerprint density at radius 2 is 1.73 bits per heavy atom. The first-order valence-corrected chi connectivity index (χ1v) is 8.61. The number of hydrogen-bond acceptors (Lipinski definition) is 1. The standard InChI is InChI=1S/C20H22F2N4/c1-23-20(24-10-8-14-12-16(21)6-7-18(14)22)25-11-9-15-13-26-19-5-3-2-4-17(15)19/h2-7,12-13,26H,8-11H2,1H3,(H2,23,24,25). The fraction of sp³-hybridized carbons (Fsp3) is 0.250. The molecule has 26 heavy (non-hydrogen) atoms. The van der Waals surface area contributed by atoms with E-state index in [-0.39, 0.29) is 0 Å². The summed E-state index contributed by atoms with van der Waals surface area (Å²) in [4.78, 5) is 7.42. The number of guanidine groups is 1. The predicted molar refractivity (Wildman–Crippen MR) is 101 cm³/mol. The maximum atomic E-state index is 13.6. The van der Waals surface area contributed by atoms with E-state index in [1.807, 2.05) is 18.3 Å². The minimum atomic E-state index is -0.428. The smallest absolute Gasteiger partial charge is 0.190 e. The number of aromatic nitrogens is 1. The Morgan fingerprint density at radius 3 is 2.50 bits per heavy atom. The number of nitrogens with zero attached hydrogens (tertiary/aromatic N) is 1. The molecule has 0 aliphatic heterocycles. The largest absolute Gasteiger partial charge is 0.361 e. The van der Waals surface area contributed by atoms with Crippen LogP contribution >= 0.6 is 0 Å². The molecule has 0 bridgehead atoms. The molecule has 0 aliphatic rings. The van der Waals surface area contributed by atoms with Crippen molar-refractivity contribution in [1.82, 2.24) is 15.6 Å². The van der Waals surface area contributed by atoms with Crippen molar-refractivity contribution in [3.8, 4) is 0 Å². The second kappa shape index (κ2) is 8.47. The van der Waals surface area contributed by atoms with Crippen molar-refractivity contribution in [2.75, 3.05) is 20.1 Å². The second-order valence-electron chi connectivity index (χ2n) is 6.02. The van der Waals surface area contributed by atoms with Gasteiger partial charge in [0.1, 0.15) is 11.6 Å². The van der Waals surface area contributed by atoms with Crippen molar-refractivity contribution in [3.05, 3.63) is 71.4 Å². The van der Waals surface area contributed by atoms with Gasteiger partial charge in [0.2, 0.25) is 0 Å². The Morgan fingerprint density at radius 1 is 1.00 bits per heavy atom. The summed E-state index contributed by atoms with van der Waals surface area (Å²) in [5.41, 5.74) is 2.72. The molecule has 0 atom stereocenters. The van der Waals surface area contributed by atoms with Crippen molar-refractivity contribution in [3.63, 3.8) is 0 Å². The number of benzene rings is 2. The number of nitrogens with one attached hydrogen (secondary N) is 3. The highest BCUT2D eigenvalue weighted by Gasteiger charge is 2.06. The van der Waals surface area contributed by atoms with Crippen molar-refractivity contribution in [1.29, 1.82) is 0 Å². The van der Waals surface area contributed by atoms with Gasteiger partial charge in [-0.05, 0) is 48.2 Å². The van der Waals surface area contributed by atoms with E-state index in [9.17, 15) is 8.78 Å². The van der Waals surface area contributed by atoms with Gasteiger partial charge in [-0.3, -0.25) is 4.99 Å². The highest BCUT2D eigenvalue weighted by Crippen LogP contribution is 2.17. The monoisotopic (exact) mass is 356 g/mol. The number of hydrogen-bond donors (Lipinski definition) is 3. The fourth-order valence-electron chi connectivity index (χ4n) is 2.93. The maximum absolute atomic E-state index is 13.6. The summed E-state index contributed by atoms with van der Waals surface area (Å²) in [7, 11) is 1.68. The molecule has 1 aromatic heterocycles. The molecule has 2 aromatic carbocycles. The van der Waals surface area contributed by atoms with E-state index < -0.39 is 11.6 Å². The van der Waals surface area contributed by atoms with Crippen LogP contribution < -0.4 is 10.6 Å². The molecule has 0 saturated carbocycles. The van der Waals surface area contributed by atoms with Crippen LogP contribution in [0, 0.1) is 11.6 Å². The lowest BCUT2D eigenvalue weighted by atomic mass is 10.1. The molecule has 3 rings (SSSR count). The van der Waals surface area contributed by atoms with Gasteiger partial charge >= 0.3 is 0 Å².